The van der Waals surface area contributed by atoms with E-state index in [0.717, 1.165) is 50.0 Å². The Morgan fingerprint density at radius 1 is 1.26 bits per heavy atom. The molecule has 2 aliphatic rings. The van der Waals surface area contributed by atoms with Crippen molar-refractivity contribution in [3.63, 3.8) is 0 Å². The topological polar surface area (TPSA) is 58.6 Å². The van der Waals surface area contributed by atoms with Crippen molar-refractivity contribution in [3.8, 4) is 5.75 Å². The quantitative estimate of drug-likeness (QED) is 0.870. The van der Waals surface area contributed by atoms with E-state index < -0.39 is 0 Å². The first kappa shape index (κ1) is 15.8. The number of para-hydroxylation sites is 1. The monoisotopic (exact) mass is 316 g/mol. The van der Waals surface area contributed by atoms with E-state index in [1.165, 1.54) is 0 Å². The molecule has 0 spiro atoms. The van der Waals surface area contributed by atoms with Crippen LogP contribution in [-0.2, 0) is 16.0 Å². The number of hydrogen-bond donors (Lipinski definition) is 1. The predicted octanol–water partition coefficient (Wildman–Crippen LogP) is 1.75. The van der Waals surface area contributed by atoms with E-state index in [9.17, 15) is 9.59 Å². The maximum absolute atomic E-state index is 12.4. The molecule has 0 bridgehead atoms. The summed E-state index contributed by atoms with van der Waals surface area (Å²) in [6.45, 7) is 0.899. The van der Waals surface area contributed by atoms with Gasteiger partial charge in [-0.05, 0) is 43.7 Å². The molecule has 1 N–H and O–H groups in total. The van der Waals surface area contributed by atoms with Gasteiger partial charge in [0.15, 0.2) is 0 Å². The Bertz CT molecular complexity index is 583. The lowest BCUT2D eigenvalue weighted by atomic mass is 10.0. The largest absolute Gasteiger partial charge is 0.496 e. The number of likely N-dealkylation sites (tertiary alicyclic amines) is 1. The van der Waals surface area contributed by atoms with E-state index in [1.807, 2.05) is 23.1 Å². The maximum atomic E-state index is 12.4. The normalized spacial score (nSPS) is 20.4. The lowest BCUT2D eigenvalue weighted by molar-refractivity contribution is -0.133. The van der Waals surface area contributed by atoms with Crippen LogP contribution in [0.3, 0.4) is 0 Å². The molecule has 5 nitrogen and oxygen atoms in total. The first-order valence-corrected chi connectivity index (χ1v) is 8.38. The van der Waals surface area contributed by atoms with Crippen LogP contribution < -0.4 is 10.1 Å². The third-order valence-corrected chi connectivity index (χ3v) is 4.71. The van der Waals surface area contributed by atoms with Crippen molar-refractivity contribution in [1.82, 2.24) is 10.2 Å². The second kappa shape index (κ2) is 7.02. The zero-order valence-electron chi connectivity index (χ0n) is 13.6. The first-order valence-electron chi connectivity index (χ1n) is 8.38. The minimum atomic E-state index is 0.0244. The van der Waals surface area contributed by atoms with Gasteiger partial charge in [0.1, 0.15) is 5.75 Å². The summed E-state index contributed by atoms with van der Waals surface area (Å²) in [4.78, 5) is 26.0. The van der Waals surface area contributed by atoms with Gasteiger partial charge in [0, 0.05) is 18.5 Å². The Morgan fingerprint density at radius 3 is 2.78 bits per heavy atom. The number of rotatable bonds is 6. The molecular weight excluding hydrogens is 292 g/mol. The van der Waals surface area contributed by atoms with Crippen molar-refractivity contribution in [3.05, 3.63) is 29.8 Å². The van der Waals surface area contributed by atoms with Gasteiger partial charge in [-0.3, -0.25) is 9.59 Å². The summed E-state index contributed by atoms with van der Waals surface area (Å²) in [5, 5.41) is 2.77. The molecular formula is C18H24N2O3. The van der Waals surface area contributed by atoms with Crippen molar-refractivity contribution < 1.29 is 14.3 Å². The average molecular weight is 316 g/mol. The lowest BCUT2D eigenvalue weighted by Gasteiger charge is -2.25. The molecule has 0 radical (unpaired) electrons. The summed E-state index contributed by atoms with van der Waals surface area (Å²) >= 11 is 0. The number of nitrogens with one attached hydrogen (secondary N) is 1. The van der Waals surface area contributed by atoms with Gasteiger partial charge < -0.3 is 15.0 Å². The molecule has 0 unspecified atom stereocenters. The fourth-order valence-corrected chi connectivity index (χ4v) is 3.26. The smallest absolute Gasteiger partial charge is 0.242 e. The van der Waals surface area contributed by atoms with Crippen LogP contribution in [-0.4, -0.2) is 43.0 Å². The third kappa shape index (κ3) is 3.84. The minimum absolute atomic E-state index is 0.0244. The lowest BCUT2D eigenvalue weighted by Crippen LogP contribution is -2.43. The van der Waals surface area contributed by atoms with E-state index in [0.29, 0.717) is 0 Å². The van der Waals surface area contributed by atoms with Crippen molar-refractivity contribution in [2.45, 2.75) is 38.1 Å². The van der Waals surface area contributed by atoms with Gasteiger partial charge in [-0.1, -0.05) is 18.2 Å². The zero-order valence-corrected chi connectivity index (χ0v) is 13.6. The van der Waals surface area contributed by atoms with Gasteiger partial charge in [0.05, 0.1) is 13.7 Å². The van der Waals surface area contributed by atoms with E-state index in [1.54, 1.807) is 7.11 Å². The second-order valence-electron chi connectivity index (χ2n) is 6.39. The predicted molar refractivity (Wildman–Crippen MR) is 87.2 cm³/mol. The van der Waals surface area contributed by atoms with E-state index >= 15 is 0 Å². The van der Waals surface area contributed by atoms with Gasteiger partial charge in [0.2, 0.25) is 11.8 Å². The number of carbonyl (C=O) groups excluding carboxylic acids is 2. The maximum Gasteiger partial charge on any atom is 0.242 e. The van der Waals surface area contributed by atoms with Crippen LogP contribution in [0.25, 0.3) is 0 Å². The number of hydrogen-bond acceptors (Lipinski definition) is 3. The van der Waals surface area contributed by atoms with Crippen LogP contribution in [0.5, 0.6) is 5.75 Å². The highest BCUT2D eigenvalue weighted by Gasteiger charge is 2.32. The molecule has 1 saturated heterocycles. The molecule has 1 aromatic carbocycles. The van der Waals surface area contributed by atoms with Crippen molar-refractivity contribution >= 4 is 11.8 Å². The molecule has 2 fully saturated rings. The van der Waals surface area contributed by atoms with Crippen LogP contribution in [0.4, 0.5) is 0 Å². The molecule has 3 rings (SSSR count). The van der Waals surface area contributed by atoms with Gasteiger partial charge in [-0.2, -0.15) is 0 Å². The van der Waals surface area contributed by atoms with E-state index in [-0.39, 0.29) is 30.3 Å². The number of nitrogens with zero attached hydrogens (tertiary/aromatic N) is 1. The minimum Gasteiger partial charge on any atom is -0.496 e. The highest BCUT2D eigenvalue weighted by atomic mass is 16.5. The number of methoxy groups -OCH3 is 1. The highest BCUT2D eigenvalue weighted by Crippen LogP contribution is 2.29. The van der Waals surface area contributed by atoms with Crippen LogP contribution in [0, 0.1) is 5.92 Å². The number of benzene rings is 1. The Morgan fingerprint density at radius 2 is 2.04 bits per heavy atom. The third-order valence-electron chi connectivity index (χ3n) is 4.71. The summed E-state index contributed by atoms with van der Waals surface area (Å²) in [7, 11) is 1.67. The van der Waals surface area contributed by atoms with Crippen molar-refractivity contribution in [1.29, 1.82) is 0 Å². The fraction of sp³-hybridized carbons (Fsp3) is 0.556. The molecule has 2 amide bonds. The van der Waals surface area contributed by atoms with Crippen LogP contribution in [0.15, 0.2) is 24.3 Å². The SMILES string of the molecule is COc1ccccc1C[C@@H]1CCCN1C(=O)CNC(=O)C1CC1. The Hall–Kier alpha value is -2.04. The molecule has 1 aliphatic carbocycles. The highest BCUT2D eigenvalue weighted by molar-refractivity contribution is 5.87. The Labute approximate surface area is 137 Å². The summed E-state index contributed by atoms with van der Waals surface area (Å²) in [6, 6.07) is 8.14. The molecule has 23 heavy (non-hydrogen) atoms. The summed E-state index contributed by atoms with van der Waals surface area (Å²) in [5.41, 5.74) is 1.13. The van der Waals surface area contributed by atoms with Gasteiger partial charge in [-0.25, -0.2) is 0 Å². The van der Waals surface area contributed by atoms with Crippen LogP contribution in [0.2, 0.25) is 0 Å². The molecule has 5 heteroatoms. The van der Waals surface area contributed by atoms with E-state index in [2.05, 4.69) is 11.4 Å². The molecule has 1 atom stereocenters. The summed E-state index contributed by atoms with van der Waals surface area (Å²) in [5.74, 6) is 1.06. The molecule has 1 aliphatic heterocycles. The summed E-state index contributed by atoms with van der Waals surface area (Å²) < 4.78 is 5.40. The van der Waals surface area contributed by atoms with Gasteiger partial charge >= 0.3 is 0 Å². The first-order chi connectivity index (χ1) is 11.2. The van der Waals surface area contributed by atoms with Crippen LogP contribution in [0.1, 0.15) is 31.2 Å². The Kier molecular flexibility index (Phi) is 4.84. The Balaban J connectivity index is 1.58. The molecule has 1 saturated carbocycles. The standard InChI is InChI=1S/C18H24N2O3/c1-23-16-7-3-2-5-14(16)11-15-6-4-10-20(15)17(21)12-19-18(22)13-8-9-13/h2-3,5,7,13,15H,4,6,8-12H2,1H3,(H,19,22)/t15-/m0/s1. The molecule has 124 valence electrons. The second-order valence-corrected chi connectivity index (χ2v) is 6.39. The zero-order chi connectivity index (χ0) is 16.2. The number of ether oxygens (including phenoxy) is 1. The fourth-order valence-electron chi connectivity index (χ4n) is 3.26. The average Bonchev–Trinajstić information content (AvgIpc) is 3.32. The van der Waals surface area contributed by atoms with Gasteiger partial charge in [-0.15, -0.1) is 0 Å². The summed E-state index contributed by atoms with van der Waals surface area (Å²) in [6.07, 6.45) is 4.73. The van der Waals surface area contributed by atoms with Crippen molar-refractivity contribution in [2.24, 2.45) is 5.92 Å². The number of amides is 2. The molecule has 1 heterocycles. The molecule has 0 aromatic heterocycles. The van der Waals surface area contributed by atoms with E-state index in [4.69, 9.17) is 4.74 Å². The number of carbonyl (C=O) groups is 2. The van der Waals surface area contributed by atoms with Crippen molar-refractivity contribution in [2.75, 3.05) is 20.2 Å². The molecule has 1 aromatic rings. The van der Waals surface area contributed by atoms with Crippen LogP contribution >= 0.6 is 0 Å². The van der Waals surface area contributed by atoms with Gasteiger partial charge in [0.25, 0.3) is 0 Å².